The minimum Gasteiger partial charge on any atom is -0.323 e. The standard InChI is InChI=1S/C11H10Cl2N2S/c1-6(14)10-5-15-11(16-10)7-2-8(12)4-9(13)3-7/h2-6H,14H2,1H3. The van der Waals surface area contributed by atoms with E-state index in [1.54, 1.807) is 23.6 Å². The van der Waals surface area contributed by atoms with Gasteiger partial charge in [-0.05, 0) is 25.1 Å². The van der Waals surface area contributed by atoms with Crippen LogP contribution in [0.4, 0.5) is 0 Å². The molecule has 1 heterocycles. The Morgan fingerprint density at radius 2 is 1.88 bits per heavy atom. The minimum absolute atomic E-state index is 0.000839. The molecule has 0 aliphatic carbocycles. The van der Waals surface area contributed by atoms with Gasteiger partial charge in [-0.1, -0.05) is 23.2 Å². The van der Waals surface area contributed by atoms with Crippen molar-refractivity contribution in [2.24, 2.45) is 5.73 Å². The van der Waals surface area contributed by atoms with E-state index in [2.05, 4.69) is 4.98 Å². The molecule has 0 saturated heterocycles. The van der Waals surface area contributed by atoms with E-state index in [1.807, 2.05) is 19.1 Å². The number of rotatable bonds is 2. The van der Waals surface area contributed by atoms with Crippen LogP contribution < -0.4 is 5.73 Å². The van der Waals surface area contributed by atoms with Gasteiger partial charge in [0.2, 0.25) is 0 Å². The van der Waals surface area contributed by atoms with Crippen molar-refractivity contribution in [3.63, 3.8) is 0 Å². The summed E-state index contributed by atoms with van der Waals surface area (Å²) in [5, 5.41) is 2.11. The molecule has 1 aromatic heterocycles. The lowest BCUT2D eigenvalue weighted by atomic mass is 10.2. The molecular formula is C11H10Cl2N2S. The van der Waals surface area contributed by atoms with Crippen LogP contribution in [0, 0.1) is 0 Å². The Hall–Kier alpha value is -0.610. The van der Waals surface area contributed by atoms with Gasteiger partial charge < -0.3 is 5.73 Å². The third-order valence-corrected chi connectivity index (χ3v) is 3.77. The molecule has 0 saturated carbocycles. The third kappa shape index (κ3) is 2.55. The topological polar surface area (TPSA) is 38.9 Å². The van der Waals surface area contributed by atoms with Gasteiger partial charge in [-0.3, -0.25) is 0 Å². The summed E-state index contributed by atoms with van der Waals surface area (Å²) in [6.45, 7) is 1.93. The summed E-state index contributed by atoms with van der Waals surface area (Å²) >= 11 is 13.4. The van der Waals surface area contributed by atoms with E-state index < -0.39 is 0 Å². The molecule has 2 rings (SSSR count). The highest BCUT2D eigenvalue weighted by Gasteiger charge is 2.08. The number of hydrogen-bond donors (Lipinski definition) is 1. The molecule has 1 aromatic carbocycles. The van der Waals surface area contributed by atoms with E-state index in [-0.39, 0.29) is 6.04 Å². The van der Waals surface area contributed by atoms with Crippen molar-refractivity contribution >= 4 is 34.5 Å². The Bertz CT molecular complexity index is 488. The smallest absolute Gasteiger partial charge is 0.123 e. The Labute approximate surface area is 108 Å². The monoisotopic (exact) mass is 272 g/mol. The van der Waals surface area contributed by atoms with Crippen molar-refractivity contribution in [2.75, 3.05) is 0 Å². The van der Waals surface area contributed by atoms with Crippen LogP contribution in [0.25, 0.3) is 10.6 Å². The minimum atomic E-state index is 0.000839. The van der Waals surface area contributed by atoms with E-state index >= 15 is 0 Å². The van der Waals surface area contributed by atoms with Crippen molar-refractivity contribution in [1.82, 2.24) is 4.98 Å². The van der Waals surface area contributed by atoms with Gasteiger partial charge in [0.15, 0.2) is 0 Å². The molecule has 1 atom stereocenters. The SMILES string of the molecule is CC(N)c1cnc(-c2cc(Cl)cc(Cl)c2)s1. The van der Waals surface area contributed by atoms with Crippen molar-refractivity contribution < 1.29 is 0 Å². The second-order valence-electron chi connectivity index (χ2n) is 3.51. The maximum Gasteiger partial charge on any atom is 0.123 e. The zero-order valence-corrected chi connectivity index (χ0v) is 10.9. The Morgan fingerprint density at radius 3 is 2.38 bits per heavy atom. The fourth-order valence-corrected chi connectivity index (χ4v) is 2.69. The number of hydrogen-bond acceptors (Lipinski definition) is 3. The van der Waals surface area contributed by atoms with Crippen molar-refractivity contribution in [3.8, 4) is 10.6 Å². The molecule has 0 amide bonds. The fraction of sp³-hybridized carbons (Fsp3) is 0.182. The first kappa shape index (κ1) is 11.9. The van der Waals surface area contributed by atoms with Crippen molar-refractivity contribution in [3.05, 3.63) is 39.3 Å². The lowest BCUT2D eigenvalue weighted by molar-refractivity contribution is 0.835. The van der Waals surface area contributed by atoms with E-state index in [4.69, 9.17) is 28.9 Å². The second kappa shape index (κ2) is 4.72. The molecule has 0 radical (unpaired) electrons. The average molecular weight is 273 g/mol. The Morgan fingerprint density at radius 1 is 1.25 bits per heavy atom. The maximum absolute atomic E-state index is 5.94. The van der Waals surface area contributed by atoms with E-state index in [0.29, 0.717) is 10.0 Å². The molecule has 16 heavy (non-hydrogen) atoms. The molecule has 0 fully saturated rings. The first-order valence-corrected chi connectivity index (χ1v) is 6.31. The number of aromatic nitrogens is 1. The predicted octanol–water partition coefficient (Wildman–Crippen LogP) is 4.14. The molecule has 84 valence electrons. The lowest BCUT2D eigenvalue weighted by Gasteiger charge is -1.99. The first-order chi connectivity index (χ1) is 7.56. The number of benzene rings is 1. The van der Waals surface area contributed by atoms with E-state index in [0.717, 1.165) is 15.4 Å². The van der Waals surface area contributed by atoms with E-state index in [1.165, 1.54) is 0 Å². The summed E-state index contributed by atoms with van der Waals surface area (Å²) < 4.78 is 0. The molecule has 0 aliphatic rings. The molecule has 2 N–H and O–H groups in total. The van der Waals surface area contributed by atoms with Gasteiger partial charge in [-0.15, -0.1) is 11.3 Å². The summed E-state index contributed by atoms with van der Waals surface area (Å²) in [5.41, 5.74) is 6.71. The predicted molar refractivity (Wildman–Crippen MR) is 70.2 cm³/mol. The van der Waals surface area contributed by atoms with E-state index in [9.17, 15) is 0 Å². The van der Waals surface area contributed by atoms with Crippen LogP contribution in [0.3, 0.4) is 0 Å². The molecule has 0 aliphatic heterocycles. The van der Waals surface area contributed by atoms with Gasteiger partial charge >= 0.3 is 0 Å². The van der Waals surface area contributed by atoms with Crippen LogP contribution >= 0.6 is 34.5 Å². The number of nitrogens with zero attached hydrogens (tertiary/aromatic N) is 1. The van der Waals surface area contributed by atoms with Gasteiger partial charge in [0.25, 0.3) is 0 Å². The number of nitrogens with two attached hydrogens (primary N) is 1. The molecule has 5 heteroatoms. The van der Waals surface area contributed by atoms with Crippen molar-refractivity contribution in [2.45, 2.75) is 13.0 Å². The highest BCUT2D eigenvalue weighted by atomic mass is 35.5. The van der Waals surface area contributed by atoms with Gasteiger partial charge in [-0.25, -0.2) is 4.98 Å². The zero-order valence-electron chi connectivity index (χ0n) is 8.58. The zero-order chi connectivity index (χ0) is 11.7. The van der Waals surface area contributed by atoms with Gasteiger partial charge in [0.1, 0.15) is 5.01 Å². The second-order valence-corrected chi connectivity index (χ2v) is 5.45. The summed E-state index contributed by atoms with van der Waals surface area (Å²) in [6.07, 6.45) is 1.79. The molecule has 2 aromatic rings. The summed E-state index contributed by atoms with van der Waals surface area (Å²) in [6, 6.07) is 5.39. The summed E-state index contributed by atoms with van der Waals surface area (Å²) in [7, 11) is 0. The Kier molecular flexibility index (Phi) is 3.50. The van der Waals surface area contributed by atoms with Gasteiger partial charge in [0.05, 0.1) is 0 Å². The molecule has 1 unspecified atom stereocenters. The first-order valence-electron chi connectivity index (χ1n) is 4.74. The molecule has 0 spiro atoms. The number of thiazole rings is 1. The molecule has 2 nitrogen and oxygen atoms in total. The van der Waals surface area contributed by atoms with Crippen molar-refractivity contribution in [1.29, 1.82) is 0 Å². The van der Waals surface area contributed by atoms with Crippen LogP contribution in [0.15, 0.2) is 24.4 Å². The number of halogens is 2. The highest BCUT2D eigenvalue weighted by molar-refractivity contribution is 7.15. The largest absolute Gasteiger partial charge is 0.323 e. The molecular weight excluding hydrogens is 263 g/mol. The summed E-state index contributed by atoms with van der Waals surface area (Å²) in [4.78, 5) is 5.36. The van der Waals surface area contributed by atoms with Crippen LogP contribution in [-0.4, -0.2) is 4.98 Å². The van der Waals surface area contributed by atoms with Crippen LogP contribution in [0.2, 0.25) is 10.0 Å². The fourth-order valence-electron chi connectivity index (χ4n) is 1.31. The van der Waals surface area contributed by atoms with Gasteiger partial charge in [0, 0.05) is 32.7 Å². The molecule has 0 bridgehead atoms. The average Bonchev–Trinajstić information content (AvgIpc) is 2.64. The Balaban J connectivity index is 2.42. The normalized spacial score (nSPS) is 12.8. The van der Waals surface area contributed by atoms with Crippen LogP contribution in [-0.2, 0) is 0 Å². The third-order valence-electron chi connectivity index (χ3n) is 2.08. The highest BCUT2D eigenvalue weighted by Crippen LogP contribution is 2.31. The quantitative estimate of drug-likeness (QED) is 0.893. The van der Waals surface area contributed by atoms with Crippen LogP contribution in [0.5, 0.6) is 0 Å². The van der Waals surface area contributed by atoms with Crippen LogP contribution in [0.1, 0.15) is 17.8 Å². The lowest BCUT2D eigenvalue weighted by Crippen LogP contribution is -2.01. The summed E-state index contributed by atoms with van der Waals surface area (Å²) in [5.74, 6) is 0. The van der Waals surface area contributed by atoms with Gasteiger partial charge in [-0.2, -0.15) is 0 Å². The maximum atomic E-state index is 5.94.